The molecule has 1 rings (SSSR count). The molecule has 0 saturated heterocycles. The standard InChI is InChI=1S/C8H13NO6P2/c1-9(2)6-3-7(16(10,11)12)5-8(4-6)17(13,14)15/h3-5H,1-2H3,(H2,10,11,12)(H2,13,14,15). The van der Waals surface area contributed by atoms with Crippen molar-refractivity contribution in [1.29, 1.82) is 0 Å². The maximum Gasteiger partial charge on any atom is 0.356 e. The van der Waals surface area contributed by atoms with Crippen LogP contribution in [0.3, 0.4) is 0 Å². The third kappa shape index (κ3) is 3.64. The molecule has 1 aromatic rings. The largest absolute Gasteiger partial charge is 0.378 e. The van der Waals surface area contributed by atoms with Gasteiger partial charge in [0.1, 0.15) is 0 Å². The molecule has 1 aromatic carbocycles. The number of hydrogen-bond acceptors (Lipinski definition) is 3. The van der Waals surface area contributed by atoms with Crippen LogP contribution in [0.15, 0.2) is 18.2 Å². The van der Waals surface area contributed by atoms with Crippen LogP contribution in [0.2, 0.25) is 0 Å². The molecule has 0 radical (unpaired) electrons. The molecule has 7 nitrogen and oxygen atoms in total. The zero-order chi connectivity index (χ0) is 13.4. The summed E-state index contributed by atoms with van der Waals surface area (Å²) in [7, 11) is -5.90. The van der Waals surface area contributed by atoms with E-state index in [-0.39, 0.29) is 0 Å². The van der Waals surface area contributed by atoms with E-state index in [0.29, 0.717) is 5.69 Å². The predicted octanol–water partition coefficient (Wildman–Crippen LogP) is -0.641. The molecule has 96 valence electrons. The Morgan fingerprint density at radius 1 is 0.882 bits per heavy atom. The highest BCUT2D eigenvalue weighted by atomic mass is 31.2. The number of rotatable bonds is 3. The Morgan fingerprint density at radius 3 is 1.47 bits per heavy atom. The second kappa shape index (κ2) is 4.53. The lowest BCUT2D eigenvalue weighted by molar-refractivity contribution is 0.386. The van der Waals surface area contributed by atoms with Crippen LogP contribution in [0.1, 0.15) is 0 Å². The molecule has 0 amide bonds. The van der Waals surface area contributed by atoms with Gasteiger partial charge in [0.05, 0.1) is 10.6 Å². The molecule has 9 heteroatoms. The summed E-state index contributed by atoms with van der Waals surface area (Å²) < 4.78 is 22.2. The zero-order valence-electron chi connectivity index (χ0n) is 9.18. The van der Waals surface area contributed by atoms with Crippen LogP contribution < -0.4 is 15.5 Å². The van der Waals surface area contributed by atoms with Crippen LogP contribution in [0.5, 0.6) is 0 Å². The van der Waals surface area contributed by atoms with E-state index in [1.165, 1.54) is 17.0 Å². The van der Waals surface area contributed by atoms with Gasteiger partial charge in [0.25, 0.3) is 0 Å². The SMILES string of the molecule is CN(C)c1cc(P(=O)(O)O)cc(P(=O)(O)O)c1. The first-order valence-electron chi connectivity index (χ1n) is 4.46. The average molecular weight is 281 g/mol. The Hall–Kier alpha value is -0.680. The van der Waals surface area contributed by atoms with Crippen LogP contribution in [-0.4, -0.2) is 33.7 Å². The second-order valence-corrected chi connectivity index (χ2v) is 6.90. The maximum atomic E-state index is 11.1. The van der Waals surface area contributed by atoms with Crippen LogP contribution >= 0.6 is 15.2 Å². The van der Waals surface area contributed by atoms with Crippen molar-refractivity contribution in [2.75, 3.05) is 19.0 Å². The highest BCUT2D eigenvalue weighted by molar-refractivity contribution is 7.61. The van der Waals surface area contributed by atoms with Gasteiger partial charge >= 0.3 is 15.2 Å². The third-order valence-electron chi connectivity index (χ3n) is 2.08. The van der Waals surface area contributed by atoms with E-state index in [0.717, 1.165) is 6.07 Å². The van der Waals surface area contributed by atoms with Gasteiger partial charge in [0.2, 0.25) is 0 Å². The van der Waals surface area contributed by atoms with E-state index in [1.807, 2.05) is 0 Å². The molecule has 0 fully saturated rings. The Kier molecular flexibility index (Phi) is 3.84. The summed E-state index contributed by atoms with van der Waals surface area (Å²) in [5, 5.41) is -0.830. The molecule has 0 aliphatic carbocycles. The number of anilines is 1. The fourth-order valence-corrected chi connectivity index (χ4v) is 2.49. The smallest absolute Gasteiger partial charge is 0.356 e. The van der Waals surface area contributed by atoms with Gasteiger partial charge in [-0.1, -0.05) is 0 Å². The normalized spacial score (nSPS) is 12.6. The first-order valence-corrected chi connectivity index (χ1v) is 7.69. The summed E-state index contributed by atoms with van der Waals surface area (Å²) in [6.45, 7) is 0. The minimum atomic E-state index is -4.55. The van der Waals surface area contributed by atoms with Gasteiger partial charge in [-0.05, 0) is 18.2 Å². The van der Waals surface area contributed by atoms with Crippen LogP contribution in [-0.2, 0) is 9.13 Å². The van der Waals surface area contributed by atoms with Gasteiger partial charge in [0, 0.05) is 19.8 Å². The summed E-state index contributed by atoms with van der Waals surface area (Å²) in [6, 6.07) is 3.22. The Bertz CT molecular complexity index is 476. The van der Waals surface area contributed by atoms with Crippen molar-refractivity contribution in [3.63, 3.8) is 0 Å². The zero-order valence-corrected chi connectivity index (χ0v) is 11.0. The molecule has 0 unspecified atom stereocenters. The highest BCUT2D eigenvalue weighted by Crippen LogP contribution is 2.38. The van der Waals surface area contributed by atoms with Crippen LogP contribution in [0.4, 0.5) is 5.69 Å². The van der Waals surface area contributed by atoms with Gasteiger partial charge in [0.15, 0.2) is 0 Å². The van der Waals surface area contributed by atoms with Crippen molar-refractivity contribution in [3.05, 3.63) is 18.2 Å². The predicted molar refractivity (Wildman–Crippen MR) is 64.1 cm³/mol. The number of nitrogens with zero attached hydrogens (tertiary/aromatic N) is 1. The van der Waals surface area contributed by atoms with E-state index >= 15 is 0 Å². The Labute approximate surface area is 98.0 Å². The summed E-state index contributed by atoms with van der Waals surface area (Å²) in [4.78, 5) is 37.6. The molecule has 0 spiro atoms. The van der Waals surface area contributed by atoms with Gasteiger partial charge in [-0.25, -0.2) is 0 Å². The molecule has 17 heavy (non-hydrogen) atoms. The molecule has 0 bridgehead atoms. The van der Waals surface area contributed by atoms with Gasteiger partial charge in [-0.2, -0.15) is 0 Å². The van der Waals surface area contributed by atoms with Crippen molar-refractivity contribution in [2.45, 2.75) is 0 Å². The van der Waals surface area contributed by atoms with E-state index in [2.05, 4.69) is 0 Å². The van der Waals surface area contributed by atoms with E-state index in [4.69, 9.17) is 19.6 Å². The van der Waals surface area contributed by atoms with E-state index < -0.39 is 25.8 Å². The number of hydrogen-bond donors (Lipinski definition) is 4. The molecule has 0 atom stereocenters. The molecule has 0 aliphatic rings. The summed E-state index contributed by atoms with van der Waals surface area (Å²) >= 11 is 0. The highest BCUT2D eigenvalue weighted by Gasteiger charge is 2.25. The topological polar surface area (TPSA) is 118 Å². The van der Waals surface area contributed by atoms with Gasteiger partial charge in [-0.15, -0.1) is 0 Å². The molecule has 0 heterocycles. The average Bonchev–Trinajstić information content (AvgIpc) is 2.14. The fourth-order valence-electron chi connectivity index (χ4n) is 1.17. The monoisotopic (exact) mass is 281 g/mol. The third-order valence-corrected chi connectivity index (χ3v) is 3.94. The Morgan fingerprint density at radius 2 is 1.24 bits per heavy atom. The van der Waals surface area contributed by atoms with Gasteiger partial charge < -0.3 is 24.5 Å². The first-order chi connectivity index (χ1) is 7.51. The second-order valence-electron chi connectivity index (χ2n) is 3.69. The molecular weight excluding hydrogens is 268 g/mol. The van der Waals surface area contributed by atoms with Crippen LogP contribution in [0, 0.1) is 0 Å². The van der Waals surface area contributed by atoms with Gasteiger partial charge in [-0.3, -0.25) is 9.13 Å². The van der Waals surface area contributed by atoms with Crippen molar-refractivity contribution < 1.29 is 28.7 Å². The lowest BCUT2D eigenvalue weighted by Gasteiger charge is -2.17. The summed E-state index contributed by atoms with van der Waals surface area (Å²) in [5.74, 6) is 0. The van der Waals surface area contributed by atoms with E-state index in [9.17, 15) is 9.13 Å². The first kappa shape index (κ1) is 14.4. The Balaban J connectivity index is 3.51. The minimum absolute atomic E-state index is 0.309. The number of benzene rings is 1. The lowest BCUT2D eigenvalue weighted by atomic mass is 10.3. The van der Waals surface area contributed by atoms with Crippen molar-refractivity contribution in [1.82, 2.24) is 0 Å². The molecule has 0 saturated carbocycles. The fraction of sp³-hybridized carbons (Fsp3) is 0.250. The van der Waals surface area contributed by atoms with E-state index in [1.54, 1.807) is 14.1 Å². The molecule has 0 aromatic heterocycles. The van der Waals surface area contributed by atoms with Crippen molar-refractivity contribution in [2.24, 2.45) is 0 Å². The molecule has 0 aliphatic heterocycles. The van der Waals surface area contributed by atoms with Crippen LogP contribution in [0.25, 0.3) is 0 Å². The van der Waals surface area contributed by atoms with Crippen molar-refractivity contribution >= 4 is 31.5 Å². The summed E-state index contributed by atoms with van der Waals surface area (Å²) in [5.41, 5.74) is 0.309. The molecule has 4 N–H and O–H groups in total. The quantitative estimate of drug-likeness (QED) is 0.544. The minimum Gasteiger partial charge on any atom is -0.378 e. The van der Waals surface area contributed by atoms with Crippen molar-refractivity contribution in [3.8, 4) is 0 Å². The maximum absolute atomic E-state index is 11.1. The summed E-state index contributed by atoms with van der Waals surface area (Å²) in [6.07, 6.45) is 0. The molecular formula is C8H13NO6P2. The lowest BCUT2D eigenvalue weighted by Crippen LogP contribution is -2.19.